The van der Waals surface area contributed by atoms with Gasteiger partial charge in [-0.1, -0.05) is 24.3 Å². The standard InChI is InChI=1S/C26H21F3N2O3S/c27-26(28,29)20-8-4-9-21(16-20)30-25-31(14-5-15-32)23(17-35-25)18-10-12-22(13-11-18)34-24(33)19-6-2-1-3-7-19/h1-4,6-13,16-17,32H,5,14-15H2. The Balaban J connectivity index is 1.63. The first kappa shape index (κ1) is 24.4. The molecule has 180 valence electrons. The molecule has 0 spiro atoms. The number of rotatable bonds is 7. The molecule has 1 N–H and O–H groups in total. The van der Waals surface area contributed by atoms with Crippen molar-refractivity contribution in [2.45, 2.75) is 19.1 Å². The van der Waals surface area contributed by atoms with Crippen LogP contribution in [0.15, 0.2) is 89.2 Å². The Bertz CT molecular complexity index is 1360. The van der Waals surface area contributed by atoms with E-state index in [2.05, 4.69) is 4.99 Å². The topological polar surface area (TPSA) is 63.8 Å². The van der Waals surface area contributed by atoms with Crippen LogP contribution in [0, 0.1) is 0 Å². The number of aromatic nitrogens is 1. The molecule has 4 aromatic rings. The van der Waals surface area contributed by atoms with Gasteiger partial charge in [0, 0.05) is 18.5 Å². The molecular formula is C26H21F3N2O3S. The largest absolute Gasteiger partial charge is 0.423 e. The van der Waals surface area contributed by atoms with Crippen LogP contribution in [0.25, 0.3) is 11.3 Å². The van der Waals surface area contributed by atoms with E-state index in [0.29, 0.717) is 29.1 Å². The number of ether oxygens (including phenoxy) is 1. The van der Waals surface area contributed by atoms with E-state index in [4.69, 9.17) is 4.74 Å². The quantitative estimate of drug-likeness (QED) is 0.249. The molecule has 1 aromatic heterocycles. The molecule has 0 saturated heterocycles. The van der Waals surface area contributed by atoms with Gasteiger partial charge in [-0.2, -0.15) is 13.2 Å². The molecular weight excluding hydrogens is 477 g/mol. The highest BCUT2D eigenvalue weighted by atomic mass is 32.1. The number of carbonyl (C=O) groups excluding carboxylic acids is 1. The average Bonchev–Trinajstić information content (AvgIpc) is 3.25. The number of alkyl halides is 3. The summed E-state index contributed by atoms with van der Waals surface area (Å²) in [5.74, 6) is -0.0808. The lowest BCUT2D eigenvalue weighted by Gasteiger charge is -2.10. The molecule has 0 fully saturated rings. The molecule has 3 aromatic carbocycles. The molecule has 0 saturated carbocycles. The summed E-state index contributed by atoms with van der Waals surface area (Å²) in [5.41, 5.74) is 1.46. The van der Waals surface area contributed by atoms with Gasteiger partial charge in [0.05, 0.1) is 22.5 Å². The van der Waals surface area contributed by atoms with E-state index in [1.807, 2.05) is 16.0 Å². The van der Waals surface area contributed by atoms with Gasteiger partial charge in [0.2, 0.25) is 0 Å². The van der Waals surface area contributed by atoms with Gasteiger partial charge in [0.15, 0.2) is 4.80 Å². The molecule has 0 amide bonds. The highest BCUT2D eigenvalue weighted by Crippen LogP contribution is 2.31. The summed E-state index contributed by atoms with van der Waals surface area (Å²) in [7, 11) is 0. The zero-order valence-electron chi connectivity index (χ0n) is 18.4. The van der Waals surface area contributed by atoms with Crippen LogP contribution in [0.2, 0.25) is 0 Å². The Morgan fingerprint density at radius 3 is 2.43 bits per heavy atom. The zero-order chi connectivity index (χ0) is 24.8. The van der Waals surface area contributed by atoms with E-state index < -0.39 is 17.7 Å². The lowest BCUT2D eigenvalue weighted by Crippen LogP contribution is -2.16. The van der Waals surface area contributed by atoms with E-state index in [0.717, 1.165) is 23.4 Å². The van der Waals surface area contributed by atoms with Gasteiger partial charge in [-0.15, -0.1) is 11.3 Å². The van der Waals surface area contributed by atoms with Crippen LogP contribution in [0.5, 0.6) is 5.75 Å². The van der Waals surface area contributed by atoms with Gasteiger partial charge in [-0.3, -0.25) is 0 Å². The van der Waals surface area contributed by atoms with Gasteiger partial charge >= 0.3 is 12.1 Å². The van der Waals surface area contributed by atoms with Crippen molar-refractivity contribution in [3.8, 4) is 17.0 Å². The molecule has 0 unspecified atom stereocenters. The van der Waals surface area contributed by atoms with Crippen LogP contribution in [0.4, 0.5) is 18.9 Å². The first-order chi connectivity index (χ1) is 16.8. The number of benzene rings is 3. The minimum atomic E-state index is -4.45. The summed E-state index contributed by atoms with van der Waals surface area (Å²) in [6.07, 6.45) is -4.00. The number of aliphatic hydroxyl groups is 1. The fraction of sp³-hybridized carbons (Fsp3) is 0.154. The molecule has 0 radical (unpaired) electrons. The normalized spacial score (nSPS) is 12.1. The fourth-order valence-corrected chi connectivity index (χ4v) is 4.35. The third kappa shape index (κ3) is 6.06. The van der Waals surface area contributed by atoms with E-state index in [-0.39, 0.29) is 12.3 Å². The van der Waals surface area contributed by atoms with Crippen molar-refractivity contribution in [1.29, 1.82) is 0 Å². The third-order valence-corrected chi connectivity index (χ3v) is 5.97. The second kappa shape index (κ2) is 10.7. The van der Waals surface area contributed by atoms with Gasteiger partial charge in [0.1, 0.15) is 5.75 Å². The van der Waals surface area contributed by atoms with Crippen LogP contribution in [0.3, 0.4) is 0 Å². The Morgan fingerprint density at radius 2 is 1.74 bits per heavy atom. The number of aliphatic hydroxyl groups excluding tert-OH is 1. The van der Waals surface area contributed by atoms with E-state index in [1.165, 1.54) is 23.5 Å². The number of halogens is 3. The van der Waals surface area contributed by atoms with Crippen molar-refractivity contribution in [3.05, 3.63) is 100 Å². The first-order valence-corrected chi connectivity index (χ1v) is 11.6. The molecule has 0 atom stereocenters. The number of thiazole rings is 1. The summed E-state index contributed by atoms with van der Waals surface area (Å²) < 4.78 is 46.5. The van der Waals surface area contributed by atoms with Crippen LogP contribution in [0.1, 0.15) is 22.3 Å². The second-order valence-electron chi connectivity index (χ2n) is 7.57. The maximum atomic E-state index is 13.1. The smallest absolute Gasteiger partial charge is 0.416 e. The molecule has 1 heterocycles. The molecule has 0 aliphatic heterocycles. The molecule has 0 bridgehead atoms. The molecule has 0 aliphatic carbocycles. The minimum absolute atomic E-state index is 0.0420. The van der Waals surface area contributed by atoms with Gasteiger partial charge in [-0.25, -0.2) is 9.79 Å². The number of hydrogen-bond donors (Lipinski definition) is 1. The predicted molar refractivity (Wildman–Crippen MR) is 128 cm³/mol. The van der Waals surface area contributed by atoms with Crippen molar-refractivity contribution in [2.24, 2.45) is 4.99 Å². The number of nitrogens with zero attached hydrogens (tertiary/aromatic N) is 2. The average molecular weight is 499 g/mol. The maximum absolute atomic E-state index is 13.1. The first-order valence-electron chi connectivity index (χ1n) is 10.7. The number of esters is 1. The van der Waals surface area contributed by atoms with E-state index in [9.17, 15) is 23.1 Å². The second-order valence-corrected chi connectivity index (χ2v) is 8.41. The van der Waals surface area contributed by atoms with Crippen molar-refractivity contribution in [1.82, 2.24) is 4.57 Å². The highest BCUT2D eigenvalue weighted by molar-refractivity contribution is 7.07. The Kier molecular flexibility index (Phi) is 7.48. The SMILES string of the molecule is O=C(Oc1ccc(-c2csc(=Nc3cccc(C(F)(F)F)c3)n2CCCO)cc1)c1ccccc1. The monoisotopic (exact) mass is 498 g/mol. The van der Waals surface area contributed by atoms with Crippen LogP contribution in [-0.2, 0) is 12.7 Å². The fourth-order valence-electron chi connectivity index (χ4n) is 3.39. The Hall–Kier alpha value is -3.69. The van der Waals surface area contributed by atoms with Crippen molar-refractivity contribution < 1.29 is 27.8 Å². The maximum Gasteiger partial charge on any atom is 0.416 e. The molecule has 0 aliphatic rings. The lowest BCUT2D eigenvalue weighted by atomic mass is 10.1. The summed E-state index contributed by atoms with van der Waals surface area (Å²) in [6, 6.07) is 20.4. The molecule has 4 rings (SSSR count). The summed E-state index contributed by atoms with van der Waals surface area (Å²) >= 11 is 1.29. The predicted octanol–water partition coefficient (Wildman–Crippen LogP) is 6.07. The summed E-state index contributed by atoms with van der Waals surface area (Å²) in [6.45, 7) is 0.386. The summed E-state index contributed by atoms with van der Waals surface area (Å²) in [4.78, 5) is 17.2. The highest BCUT2D eigenvalue weighted by Gasteiger charge is 2.30. The van der Waals surface area contributed by atoms with Crippen molar-refractivity contribution in [2.75, 3.05) is 6.61 Å². The van der Waals surface area contributed by atoms with Crippen LogP contribution >= 0.6 is 11.3 Å². The van der Waals surface area contributed by atoms with Crippen LogP contribution in [-0.4, -0.2) is 22.2 Å². The van der Waals surface area contributed by atoms with Gasteiger partial charge in [-0.05, 0) is 66.6 Å². The lowest BCUT2D eigenvalue weighted by molar-refractivity contribution is -0.137. The van der Waals surface area contributed by atoms with Crippen molar-refractivity contribution >= 4 is 23.0 Å². The van der Waals surface area contributed by atoms with Gasteiger partial charge < -0.3 is 14.4 Å². The number of hydrogen-bond acceptors (Lipinski definition) is 5. The van der Waals surface area contributed by atoms with E-state index >= 15 is 0 Å². The minimum Gasteiger partial charge on any atom is -0.423 e. The molecule has 5 nitrogen and oxygen atoms in total. The van der Waals surface area contributed by atoms with Crippen molar-refractivity contribution in [3.63, 3.8) is 0 Å². The van der Waals surface area contributed by atoms with E-state index in [1.54, 1.807) is 48.5 Å². The molecule has 9 heteroatoms. The summed E-state index contributed by atoms with van der Waals surface area (Å²) in [5, 5.41) is 11.2. The third-order valence-electron chi connectivity index (χ3n) is 5.11. The zero-order valence-corrected chi connectivity index (χ0v) is 19.2. The Morgan fingerprint density at radius 1 is 1.00 bits per heavy atom. The van der Waals surface area contributed by atoms with Crippen LogP contribution < -0.4 is 9.54 Å². The molecule has 35 heavy (non-hydrogen) atoms. The van der Waals surface area contributed by atoms with Gasteiger partial charge in [0.25, 0.3) is 0 Å². The number of carbonyl (C=O) groups is 1. The Labute approximate surface area is 203 Å².